The van der Waals surface area contributed by atoms with E-state index in [9.17, 15) is 22.8 Å². The fourth-order valence-corrected chi connectivity index (χ4v) is 7.49. The van der Waals surface area contributed by atoms with Crippen LogP contribution in [0.1, 0.15) is 84.0 Å². The molecule has 1 aliphatic rings. The van der Waals surface area contributed by atoms with Gasteiger partial charge in [-0.05, 0) is 62.1 Å². The van der Waals surface area contributed by atoms with Crippen LogP contribution in [0.4, 0.5) is 9.80 Å². The van der Waals surface area contributed by atoms with E-state index < -0.39 is 27.9 Å². The summed E-state index contributed by atoms with van der Waals surface area (Å²) >= 11 is 1.34. The van der Waals surface area contributed by atoms with E-state index in [1.807, 2.05) is 13.8 Å². The number of carbonyl (C=O) groups excluding carboxylic acids is 3. The second kappa shape index (κ2) is 14.9. The molecule has 0 saturated carbocycles. The van der Waals surface area contributed by atoms with E-state index in [1.165, 1.54) is 44.8 Å². The summed E-state index contributed by atoms with van der Waals surface area (Å²) in [6.45, 7) is 9.48. The van der Waals surface area contributed by atoms with Crippen LogP contribution in [-0.2, 0) is 23.0 Å². The fraction of sp³-hybridized carbons (Fsp3) is 0.552. The quantitative estimate of drug-likeness (QED) is 0.340. The van der Waals surface area contributed by atoms with E-state index >= 15 is 0 Å². The highest BCUT2D eigenvalue weighted by atomic mass is 32.2. The Morgan fingerprint density at radius 3 is 2.15 bits per heavy atom. The van der Waals surface area contributed by atoms with Crippen molar-refractivity contribution in [3.05, 3.63) is 45.8 Å². The lowest BCUT2D eigenvalue weighted by Crippen LogP contribution is -2.39. The number of sulfonamides is 1. The molecular weight excluding hydrogens is 562 g/mol. The van der Waals surface area contributed by atoms with Crippen molar-refractivity contribution in [1.82, 2.24) is 19.4 Å². The molecule has 2 N–H and O–H groups in total. The van der Waals surface area contributed by atoms with Crippen molar-refractivity contribution in [3.8, 4) is 0 Å². The second-order valence-electron chi connectivity index (χ2n) is 10.5. The van der Waals surface area contributed by atoms with Crippen molar-refractivity contribution in [2.75, 3.05) is 45.6 Å². The number of unbranched alkanes of at least 4 members (excludes halogenated alkanes) is 2. The molecule has 0 bridgehead atoms. The number of imide groups is 1. The Bertz CT molecular complexity index is 1310. The predicted octanol–water partition coefficient (Wildman–Crippen LogP) is 4.77. The molecule has 12 heteroatoms. The second-order valence-corrected chi connectivity index (χ2v) is 13.5. The average molecular weight is 606 g/mol. The van der Waals surface area contributed by atoms with Crippen LogP contribution >= 0.6 is 11.3 Å². The number of rotatable bonds is 13. The Hall–Kier alpha value is -2.80. The third-order valence-electron chi connectivity index (χ3n) is 7.03. The maximum absolute atomic E-state index is 13.3. The summed E-state index contributed by atoms with van der Waals surface area (Å²) in [6.07, 6.45) is 4.99. The minimum absolute atomic E-state index is 0.145. The van der Waals surface area contributed by atoms with Crippen LogP contribution < -0.4 is 10.6 Å². The molecule has 1 aromatic heterocycles. The summed E-state index contributed by atoms with van der Waals surface area (Å²) < 4.78 is 28.1. The molecule has 10 nitrogen and oxygen atoms in total. The van der Waals surface area contributed by atoms with Gasteiger partial charge >= 0.3 is 6.03 Å². The topological polar surface area (TPSA) is 119 Å². The lowest BCUT2D eigenvalue weighted by atomic mass is 10.0. The summed E-state index contributed by atoms with van der Waals surface area (Å²) in [5.74, 6) is -1.01. The van der Waals surface area contributed by atoms with Crippen molar-refractivity contribution in [2.24, 2.45) is 0 Å². The maximum Gasteiger partial charge on any atom is 0.323 e. The minimum atomic E-state index is -3.69. The summed E-state index contributed by atoms with van der Waals surface area (Å²) in [7, 11) is -0.587. The molecule has 1 aliphatic heterocycles. The fourth-order valence-electron chi connectivity index (χ4n) is 4.69. The number of nitrogens with one attached hydrogen (secondary N) is 2. The van der Waals surface area contributed by atoms with Gasteiger partial charge in [-0.25, -0.2) is 13.2 Å². The van der Waals surface area contributed by atoms with E-state index in [1.54, 1.807) is 14.1 Å². The zero-order valence-corrected chi connectivity index (χ0v) is 26.4. The number of hydrogen-bond donors (Lipinski definition) is 2. The molecule has 0 fully saturated rings. The van der Waals surface area contributed by atoms with Crippen LogP contribution in [0.15, 0.2) is 29.2 Å². The van der Waals surface area contributed by atoms with Gasteiger partial charge in [-0.1, -0.05) is 33.6 Å². The van der Waals surface area contributed by atoms with Gasteiger partial charge in [0.2, 0.25) is 10.0 Å². The molecule has 0 spiro atoms. The summed E-state index contributed by atoms with van der Waals surface area (Å²) in [4.78, 5) is 43.5. The molecule has 226 valence electrons. The first-order chi connectivity index (χ1) is 19.5. The van der Waals surface area contributed by atoms with E-state index in [-0.39, 0.29) is 10.5 Å². The van der Waals surface area contributed by atoms with Crippen molar-refractivity contribution in [1.29, 1.82) is 0 Å². The number of fused-ring (bicyclic) bond motifs is 1. The van der Waals surface area contributed by atoms with Crippen molar-refractivity contribution in [3.63, 3.8) is 0 Å². The van der Waals surface area contributed by atoms with Gasteiger partial charge in [0, 0.05) is 50.7 Å². The number of amides is 4. The Morgan fingerprint density at radius 1 is 0.951 bits per heavy atom. The molecule has 2 aromatic rings. The van der Waals surface area contributed by atoms with Crippen molar-refractivity contribution < 1.29 is 22.8 Å². The predicted molar refractivity (Wildman–Crippen MR) is 163 cm³/mol. The lowest BCUT2D eigenvalue weighted by Gasteiger charge is -2.26. The van der Waals surface area contributed by atoms with Crippen molar-refractivity contribution >= 4 is 44.2 Å². The van der Waals surface area contributed by atoms with Crippen molar-refractivity contribution in [2.45, 2.75) is 70.7 Å². The van der Waals surface area contributed by atoms with E-state index in [0.717, 1.165) is 55.6 Å². The van der Waals surface area contributed by atoms with Gasteiger partial charge < -0.3 is 10.2 Å². The smallest absolute Gasteiger partial charge is 0.323 e. The number of carbonyl (C=O) groups is 3. The monoisotopic (exact) mass is 605 g/mol. The van der Waals surface area contributed by atoms with Gasteiger partial charge in [-0.2, -0.15) is 4.31 Å². The lowest BCUT2D eigenvalue weighted by molar-refractivity contribution is 0.0956. The average Bonchev–Trinajstić information content (AvgIpc) is 3.30. The minimum Gasteiger partial charge on any atom is -0.331 e. The Labute approximate surface area is 248 Å². The highest BCUT2D eigenvalue weighted by Crippen LogP contribution is 2.37. The summed E-state index contributed by atoms with van der Waals surface area (Å²) in [5.41, 5.74) is 1.43. The van der Waals surface area contributed by atoms with Crippen LogP contribution in [0.25, 0.3) is 0 Å². The molecule has 2 heterocycles. The standard InChI is InChI=1S/C29H43N5O5S2/c1-6-9-17-34(18-10-7-2)41(38,39)22-13-11-21(12-14-22)26(35)30-28-25(27(36)31-29(37)32(4)5)23-15-19-33(16-8-3)20-24(23)40-28/h11-14H,6-10,15-20H2,1-5H3,(H,30,35)(H,31,36,37). The number of anilines is 1. The molecule has 1 aromatic carbocycles. The normalized spacial score (nSPS) is 13.6. The first-order valence-electron chi connectivity index (χ1n) is 14.3. The summed E-state index contributed by atoms with van der Waals surface area (Å²) in [6, 6.07) is 5.36. The molecule has 0 saturated heterocycles. The van der Waals surface area contributed by atoms with E-state index in [0.29, 0.717) is 36.6 Å². The zero-order valence-electron chi connectivity index (χ0n) is 24.8. The van der Waals surface area contributed by atoms with Crippen LogP contribution in [0.2, 0.25) is 0 Å². The van der Waals surface area contributed by atoms with Gasteiger partial charge in [0.25, 0.3) is 11.8 Å². The highest BCUT2D eigenvalue weighted by molar-refractivity contribution is 7.89. The molecule has 0 unspecified atom stereocenters. The van der Waals surface area contributed by atoms with E-state index in [2.05, 4.69) is 22.5 Å². The number of hydrogen-bond acceptors (Lipinski definition) is 7. The Kier molecular flexibility index (Phi) is 11.9. The molecule has 0 aliphatic carbocycles. The molecule has 0 atom stereocenters. The maximum atomic E-state index is 13.3. The Morgan fingerprint density at radius 2 is 1.59 bits per heavy atom. The van der Waals surface area contributed by atoms with Gasteiger partial charge in [0.05, 0.1) is 10.5 Å². The first kappa shape index (κ1) is 32.7. The first-order valence-corrected chi connectivity index (χ1v) is 16.6. The molecule has 41 heavy (non-hydrogen) atoms. The molecule has 4 amide bonds. The summed E-state index contributed by atoms with van der Waals surface area (Å²) in [5, 5.41) is 5.65. The number of thiophene rings is 1. The third-order valence-corrected chi connectivity index (χ3v) is 10.1. The molecular formula is C29H43N5O5S2. The van der Waals surface area contributed by atoms with Gasteiger partial charge in [0.15, 0.2) is 0 Å². The molecule has 3 rings (SSSR count). The van der Waals surface area contributed by atoms with E-state index in [4.69, 9.17) is 0 Å². The molecule has 0 radical (unpaired) electrons. The number of benzene rings is 1. The van der Waals surface area contributed by atoms with Crippen LogP contribution in [0, 0.1) is 0 Å². The highest BCUT2D eigenvalue weighted by Gasteiger charge is 2.30. The van der Waals surface area contributed by atoms with Gasteiger partial charge in [-0.3, -0.25) is 19.8 Å². The number of urea groups is 1. The van der Waals surface area contributed by atoms with Gasteiger partial charge in [0.1, 0.15) is 5.00 Å². The van der Waals surface area contributed by atoms with Crippen LogP contribution in [-0.4, -0.2) is 80.6 Å². The zero-order chi connectivity index (χ0) is 30.2. The SMILES string of the molecule is CCCCN(CCCC)S(=O)(=O)c1ccc(C(=O)Nc2sc3c(c2C(=O)NC(=O)N(C)C)CCN(CCC)C3)cc1. The van der Waals surface area contributed by atoms with Crippen LogP contribution in [0.3, 0.4) is 0 Å². The largest absolute Gasteiger partial charge is 0.331 e. The van der Waals surface area contributed by atoms with Gasteiger partial charge in [-0.15, -0.1) is 11.3 Å². The number of nitrogens with zero attached hydrogens (tertiary/aromatic N) is 3. The van der Waals surface area contributed by atoms with Crippen LogP contribution in [0.5, 0.6) is 0 Å². The third kappa shape index (κ3) is 8.15. The Balaban J connectivity index is 1.86.